The Labute approximate surface area is 217 Å². The summed E-state index contributed by atoms with van der Waals surface area (Å²) in [6.45, 7) is 7.51. The lowest BCUT2D eigenvalue weighted by Crippen LogP contribution is -2.48. The molecule has 2 aromatic carbocycles. The fourth-order valence-electron chi connectivity index (χ4n) is 4.67. The fraction of sp³-hybridized carbons (Fsp3) is 0.367. The molecule has 1 heterocycles. The lowest BCUT2D eigenvalue weighted by molar-refractivity contribution is -0.138. The highest BCUT2D eigenvalue weighted by atomic mass is 16.5. The first kappa shape index (κ1) is 26.2. The maximum atomic E-state index is 13.9. The van der Waals surface area contributed by atoms with Gasteiger partial charge in [0.2, 0.25) is 29.0 Å². The van der Waals surface area contributed by atoms with E-state index in [1.165, 1.54) is 0 Å². The number of rotatable bonds is 9. The van der Waals surface area contributed by atoms with Crippen LogP contribution < -0.4 is 4.74 Å². The maximum Gasteiger partial charge on any atom is 0.231 e. The second kappa shape index (κ2) is 11.0. The van der Waals surface area contributed by atoms with Gasteiger partial charge < -0.3 is 19.1 Å². The van der Waals surface area contributed by atoms with Crippen LogP contribution in [0.3, 0.4) is 0 Å². The van der Waals surface area contributed by atoms with Crippen molar-refractivity contribution in [2.45, 2.75) is 52.9 Å². The molecule has 1 unspecified atom stereocenters. The van der Waals surface area contributed by atoms with Crippen LogP contribution in [0.15, 0.2) is 77.3 Å². The van der Waals surface area contributed by atoms with Crippen molar-refractivity contribution >= 4 is 17.5 Å². The van der Waals surface area contributed by atoms with Gasteiger partial charge in [-0.2, -0.15) is 0 Å². The summed E-state index contributed by atoms with van der Waals surface area (Å²) >= 11 is 0. The van der Waals surface area contributed by atoms with Crippen molar-refractivity contribution in [3.8, 4) is 5.75 Å². The molecule has 1 aliphatic heterocycles. The summed E-state index contributed by atoms with van der Waals surface area (Å²) in [6.07, 6.45) is -0.421. The van der Waals surface area contributed by atoms with Crippen LogP contribution in [0.4, 0.5) is 0 Å². The van der Waals surface area contributed by atoms with E-state index in [9.17, 15) is 14.4 Å². The fourth-order valence-corrected chi connectivity index (χ4v) is 4.67. The normalized spacial score (nSPS) is 18.1. The Kier molecular flexibility index (Phi) is 7.81. The minimum absolute atomic E-state index is 0.0344. The summed E-state index contributed by atoms with van der Waals surface area (Å²) in [7, 11) is 1.59. The molecule has 1 aliphatic carbocycles. The Morgan fingerprint density at radius 2 is 1.41 bits per heavy atom. The second-order valence-corrected chi connectivity index (χ2v) is 9.83. The summed E-state index contributed by atoms with van der Waals surface area (Å²) in [4.78, 5) is 43.2. The van der Waals surface area contributed by atoms with E-state index < -0.39 is 17.5 Å². The summed E-state index contributed by atoms with van der Waals surface area (Å²) < 4.78 is 16.9. The van der Waals surface area contributed by atoms with Gasteiger partial charge in [-0.3, -0.25) is 14.4 Å². The molecule has 0 radical (unpaired) electrons. The molecule has 0 aromatic heterocycles. The Hall–Kier alpha value is -3.87. The van der Waals surface area contributed by atoms with Gasteiger partial charge in [-0.15, -0.1) is 0 Å². The number of carbonyl (C=O) groups is 3. The lowest BCUT2D eigenvalue weighted by atomic mass is 9.77. The van der Waals surface area contributed by atoms with E-state index in [2.05, 4.69) is 0 Å². The van der Waals surface area contributed by atoms with Crippen molar-refractivity contribution < 1.29 is 28.6 Å². The summed E-state index contributed by atoms with van der Waals surface area (Å²) in [6, 6.07) is 17.0. The molecule has 7 heteroatoms. The molecule has 0 saturated carbocycles. The number of methoxy groups -OCH3 is 1. The molecule has 2 aromatic rings. The van der Waals surface area contributed by atoms with Crippen molar-refractivity contribution in [2.75, 3.05) is 13.7 Å². The van der Waals surface area contributed by atoms with E-state index in [4.69, 9.17) is 14.2 Å². The van der Waals surface area contributed by atoms with Crippen molar-refractivity contribution in [1.29, 1.82) is 0 Å². The summed E-state index contributed by atoms with van der Waals surface area (Å²) in [5.41, 5.74) is 2.30. The highest BCUT2D eigenvalue weighted by molar-refractivity contribution is 6.26. The van der Waals surface area contributed by atoms with Crippen LogP contribution in [0.1, 0.15) is 38.8 Å². The van der Waals surface area contributed by atoms with E-state index in [-0.39, 0.29) is 48.2 Å². The monoisotopic (exact) mass is 503 g/mol. The molecular weight excluding hydrogens is 470 g/mol. The largest absolute Gasteiger partial charge is 0.497 e. The second-order valence-electron chi connectivity index (χ2n) is 9.83. The molecule has 7 nitrogen and oxygen atoms in total. The molecule has 37 heavy (non-hydrogen) atoms. The van der Waals surface area contributed by atoms with E-state index in [0.717, 1.165) is 11.1 Å². The zero-order valence-electron chi connectivity index (χ0n) is 21.9. The number of nitrogens with zero attached hydrogens (tertiary/aromatic N) is 1. The molecule has 1 atom stereocenters. The number of hydrogen-bond donors (Lipinski definition) is 0. The number of benzene rings is 2. The minimum Gasteiger partial charge on any atom is -0.497 e. The quantitative estimate of drug-likeness (QED) is 0.472. The number of amides is 1. The molecule has 0 fully saturated rings. The Morgan fingerprint density at radius 1 is 0.811 bits per heavy atom. The third-order valence-electron chi connectivity index (χ3n) is 6.29. The van der Waals surface area contributed by atoms with Crippen molar-refractivity contribution in [1.82, 2.24) is 4.90 Å². The standard InChI is InChI=1S/C30H33NO6/c1-18(2)36-28-26(32)24-17-31(16-21-9-7-6-8-10-21)30(34)23(15-20-11-13-22(35-5)14-12-20)25(24)27(33)29(28)37-19(3)4/h6-14,18-19,23H,15-17H2,1-5H3. The molecule has 1 amide bonds. The topological polar surface area (TPSA) is 82.1 Å². The third kappa shape index (κ3) is 5.61. The number of hydrogen-bond acceptors (Lipinski definition) is 6. The number of ether oxygens (including phenoxy) is 3. The van der Waals surface area contributed by atoms with Crippen LogP contribution in [0.25, 0.3) is 0 Å². The lowest BCUT2D eigenvalue weighted by Gasteiger charge is -2.37. The number of allylic oxidation sites excluding steroid dienone is 2. The molecule has 194 valence electrons. The Bertz CT molecular complexity index is 1240. The average molecular weight is 504 g/mol. The highest BCUT2D eigenvalue weighted by Crippen LogP contribution is 2.38. The van der Waals surface area contributed by atoms with Gasteiger partial charge >= 0.3 is 0 Å². The number of carbonyl (C=O) groups excluding carboxylic acids is 3. The van der Waals surface area contributed by atoms with Crippen molar-refractivity contribution in [3.05, 3.63) is 88.4 Å². The predicted octanol–water partition coefficient (Wildman–Crippen LogP) is 4.41. The van der Waals surface area contributed by atoms with E-state index >= 15 is 0 Å². The van der Waals surface area contributed by atoms with Crippen LogP contribution in [-0.2, 0) is 36.8 Å². The van der Waals surface area contributed by atoms with Crippen LogP contribution >= 0.6 is 0 Å². The molecule has 0 saturated heterocycles. The first-order valence-electron chi connectivity index (χ1n) is 12.5. The molecule has 4 rings (SSSR count). The Morgan fingerprint density at radius 3 is 1.97 bits per heavy atom. The van der Waals surface area contributed by atoms with Gasteiger partial charge in [0, 0.05) is 17.7 Å². The van der Waals surface area contributed by atoms with Gasteiger partial charge in [0.1, 0.15) is 5.75 Å². The van der Waals surface area contributed by atoms with Crippen molar-refractivity contribution in [2.24, 2.45) is 5.92 Å². The molecule has 0 N–H and O–H groups in total. The number of ketones is 2. The predicted molar refractivity (Wildman–Crippen MR) is 139 cm³/mol. The van der Waals surface area contributed by atoms with E-state index in [0.29, 0.717) is 17.9 Å². The first-order chi connectivity index (χ1) is 17.7. The van der Waals surface area contributed by atoms with E-state index in [1.54, 1.807) is 39.7 Å². The van der Waals surface area contributed by atoms with E-state index in [1.807, 2.05) is 54.6 Å². The van der Waals surface area contributed by atoms with Gasteiger partial charge in [0.05, 0.1) is 31.8 Å². The molecule has 2 aliphatic rings. The number of Topliss-reactive ketones (excluding diaryl/α,β-unsaturated/α-hetero) is 2. The molecular formula is C30H33NO6. The highest BCUT2D eigenvalue weighted by Gasteiger charge is 2.47. The van der Waals surface area contributed by atoms with Gasteiger partial charge in [0.25, 0.3) is 0 Å². The average Bonchev–Trinajstić information content (AvgIpc) is 2.87. The smallest absolute Gasteiger partial charge is 0.231 e. The van der Waals surface area contributed by atoms with Gasteiger partial charge in [-0.25, -0.2) is 0 Å². The van der Waals surface area contributed by atoms with Crippen LogP contribution in [0.5, 0.6) is 5.75 Å². The Balaban J connectivity index is 1.78. The van der Waals surface area contributed by atoms with Gasteiger partial charge in [-0.1, -0.05) is 42.5 Å². The SMILES string of the molecule is COc1ccc(CC2C(=O)N(Cc3ccccc3)CC3=C2C(=O)C(OC(C)C)=C(OC(C)C)C3=O)cc1. The third-order valence-corrected chi connectivity index (χ3v) is 6.29. The zero-order chi connectivity index (χ0) is 26.7. The summed E-state index contributed by atoms with van der Waals surface area (Å²) in [5.74, 6) is -1.38. The zero-order valence-corrected chi connectivity index (χ0v) is 21.9. The summed E-state index contributed by atoms with van der Waals surface area (Å²) in [5, 5.41) is 0. The van der Waals surface area contributed by atoms with Crippen LogP contribution in [0, 0.1) is 5.92 Å². The molecule has 0 spiro atoms. The van der Waals surface area contributed by atoms with Gasteiger partial charge in [0.15, 0.2) is 0 Å². The maximum absolute atomic E-state index is 13.9. The first-order valence-corrected chi connectivity index (χ1v) is 12.5. The van der Waals surface area contributed by atoms with Crippen LogP contribution in [-0.4, -0.2) is 48.2 Å². The van der Waals surface area contributed by atoms with Crippen LogP contribution in [0.2, 0.25) is 0 Å². The van der Waals surface area contributed by atoms with Gasteiger partial charge in [-0.05, 0) is 57.4 Å². The molecule has 0 bridgehead atoms. The minimum atomic E-state index is -0.830. The van der Waals surface area contributed by atoms with Crippen molar-refractivity contribution in [3.63, 3.8) is 0 Å².